The average molecular weight is 334 g/mol. The molecule has 0 amide bonds. The zero-order chi connectivity index (χ0) is 16.7. The van der Waals surface area contributed by atoms with Gasteiger partial charge in [0.15, 0.2) is 17.5 Å². The smallest absolute Gasteiger partial charge is 0.195 e. The summed E-state index contributed by atoms with van der Waals surface area (Å²) in [5.41, 5.74) is 3.77. The van der Waals surface area contributed by atoms with Crippen molar-refractivity contribution in [3.63, 3.8) is 0 Å². The highest BCUT2D eigenvalue weighted by Gasteiger charge is 2.08. The van der Waals surface area contributed by atoms with Crippen molar-refractivity contribution >= 4 is 23.0 Å². The minimum absolute atomic E-state index is 0.581. The number of nitrogens with one attached hydrogen (secondary N) is 2. The molecule has 0 fully saturated rings. The fourth-order valence-corrected chi connectivity index (χ4v) is 2.72. The molecule has 1 heterocycles. The lowest BCUT2D eigenvalue weighted by molar-refractivity contribution is 0.311. The summed E-state index contributed by atoms with van der Waals surface area (Å²) in [5, 5.41) is 6.53. The number of rotatable bonds is 6. The van der Waals surface area contributed by atoms with Crippen molar-refractivity contribution < 1.29 is 9.47 Å². The van der Waals surface area contributed by atoms with Crippen LogP contribution in [0.15, 0.2) is 28.7 Å². The van der Waals surface area contributed by atoms with Crippen LogP contribution in [-0.4, -0.2) is 31.7 Å². The predicted octanol–water partition coefficient (Wildman–Crippen LogP) is 3.05. The number of aliphatic imine (C=N–C) groups is 1. The van der Waals surface area contributed by atoms with Crippen LogP contribution in [0.1, 0.15) is 17.5 Å². The molecule has 0 bridgehead atoms. The van der Waals surface area contributed by atoms with E-state index in [1.165, 1.54) is 4.88 Å². The number of ether oxygens (including phenoxy) is 2. The molecule has 7 heteroatoms. The Morgan fingerprint density at radius 2 is 2.17 bits per heavy atom. The number of methoxy groups -OCH3 is 1. The van der Waals surface area contributed by atoms with E-state index in [2.05, 4.69) is 20.6 Å². The Bertz CT molecular complexity index is 670. The van der Waals surface area contributed by atoms with Gasteiger partial charge in [-0.3, -0.25) is 4.99 Å². The van der Waals surface area contributed by atoms with Crippen molar-refractivity contribution in [1.82, 2.24) is 10.3 Å². The molecule has 1 aromatic heterocycles. The molecule has 6 nitrogen and oxygen atoms in total. The number of hydrogen-bond donors (Lipinski definition) is 2. The second-order valence-corrected chi connectivity index (χ2v) is 5.65. The second kappa shape index (κ2) is 8.38. The van der Waals surface area contributed by atoms with E-state index in [0.717, 1.165) is 11.4 Å². The van der Waals surface area contributed by atoms with Gasteiger partial charge in [0.25, 0.3) is 0 Å². The van der Waals surface area contributed by atoms with Crippen molar-refractivity contribution in [3.05, 3.63) is 34.3 Å². The van der Waals surface area contributed by atoms with E-state index in [-0.39, 0.29) is 0 Å². The van der Waals surface area contributed by atoms with Crippen LogP contribution in [0, 0.1) is 6.92 Å². The highest BCUT2D eigenvalue weighted by Crippen LogP contribution is 2.30. The zero-order valence-electron chi connectivity index (χ0n) is 13.8. The first-order chi connectivity index (χ1) is 11.2. The predicted molar refractivity (Wildman–Crippen MR) is 94.8 cm³/mol. The zero-order valence-corrected chi connectivity index (χ0v) is 14.7. The van der Waals surface area contributed by atoms with Crippen molar-refractivity contribution in [3.8, 4) is 11.5 Å². The maximum absolute atomic E-state index is 5.59. The van der Waals surface area contributed by atoms with Gasteiger partial charge in [-0.2, -0.15) is 0 Å². The maximum atomic E-state index is 5.59. The molecule has 0 aliphatic heterocycles. The monoisotopic (exact) mass is 334 g/mol. The number of benzene rings is 1. The molecule has 0 spiro atoms. The molecule has 23 heavy (non-hydrogen) atoms. The lowest BCUT2D eigenvalue weighted by Gasteiger charge is -2.14. The summed E-state index contributed by atoms with van der Waals surface area (Å²) < 4.78 is 10.9. The van der Waals surface area contributed by atoms with Crippen LogP contribution in [0.2, 0.25) is 0 Å². The summed E-state index contributed by atoms with van der Waals surface area (Å²) in [4.78, 5) is 9.67. The van der Waals surface area contributed by atoms with Gasteiger partial charge in [-0.25, -0.2) is 4.98 Å². The number of nitrogens with zero attached hydrogens (tertiary/aromatic N) is 2. The summed E-state index contributed by atoms with van der Waals surface area (Å²) in [6.45, 7) is 5.21. The number of guanidine groups is 1. The van der Waals surface area contributed by atoms with Gasteiger partial charge in [-0.05, 0) is 26.0 Å². The molecule has 0 aliphatic carbocycles. The lowest BCUT2D eigenvalue weighted by atomic mass is 10.2. The highest BCUT2D eigenvalue weighted by molar-refractivity contribution is 7.09. The van der Waals surface area contributed by atoms with Crippen LogP contribution < -0.4 is 20.1 Å². The standard InChI is InChI=1S/C16H22N4O2S/c1-5-22-14-8-12(6-7-13(14)21-4)20-16(17-3)18-9-15-11(2)19-10-23-15/h6-8,10H,5,9H2,1-4H3,(H2,17,18,20). The number of aryl methyl sites for hydroxylation is 1. The van der Waals surface area contributed by atoms with Gasteiger partial charge in [-0.1, -0.05) is 0 Å². The largest absolute Gasteiger partial charge is 0.493 e. The third-order valence-corrected chi connectivity index (χ3v) is 4.15. The van der Waals surface area contributed by atoms with Gasteiger partial charge < -0.3 is 20.1 Å². The summed E-state index contributed by atoms with van der Waals surface area (Å²) in [7, 11) is 3.37. The van der Waals surface area contributed by atoms with Crippen LogP contribution in [0.3, 0.4) is 0 Å². The minimum Gasteiger partial charge on any atom is -0.493 e. The van der Waals surface area contributed by atoms with Gasteiger partial charge in [-0.15, -0.1) is 11.3 Å². The number of hydrogen-bond acceptors (Lipinski definition) is 5. The molecule has 2 rings (SSSR count). The molecule has 0 saturated carbocycles. The van der Waals surface area contributed by atoms with Crippen LogP contribution in [0.4, 0.5) is 5.69 Å². The lowest BCUT2D eigenvalue weighted by Crippen LogP contribution is -2.30. The SMILES string of the molecule is CCOc1cc(NC(=NC)NCc2scnc2C)ccc1OC. The molecule has 0 atom stereocenters. The van der Waals surface area contributed by atoms with Crippen LogP contribution in [0.25, 0.3) is 0 Å². The summed E-state index contributed by atoms with van der Waals surface area (Å²) in [6, 6.07) is 5.69. The fraction of sp³-hybridized carbons (Fsp3) is 0.375. The minimum atomic E-state index is 0.581. The number of aromatic nitrogens is 1. The molecule has 0 radical (unpaired) electrons. The van der Waals surface area contributed by atoms with E-state index in [1.807, 2.05) is 37.6 Å². The Hall–Kier alpha value is -2.28. The van der Waals surface area contributed by atoms with Gasteiger partial charge in [0.05, 0.1) is 31.5 Å². The molecular formula is C16H22N4O2S. The molecule has 124 valence electrons. The first-order valence-electron chi connectivity index (χ1n) is 7.35. The normalized spacial score (nSPS) is 11.2. The van der Waals surface area contributed by atoms with E-state index >= 15 is 0 Å². The Morgan fingerprint density at radius 1 is 1.35 bits per heavy atom. The third kappa shape index (κ3) is 4.59. The first kappa shape index (κ1) is 17.1. The van der Waals surface area contributed by atoms with Gasteiger partial charge in [0.2, 0.25) is 0 Å². The van der Waals surface area contributed by atoms with Crippen LogP contribution >= 0.6 is 11.3 Å². The Morgan fingerprint density at radius 3 is 2.78 bits per heavy atom. The van der Waals surface area contributed by atoms with Crippen LogP contribution in [0.5, 0.6) is 11.5 Å². The van der Waals surface area contributed by atoms with Gasteiger partial charge in [0, 0.05) is 23.7 Å². The molecule has 1 aromatic carbocycles. The topological polar surface area (TPSA) is 67.8 Å². The van der Waals surface area contributed by atoms with Crippen LogP contribution in [-0.2, 0) is 6.54 Å². The second-order valence-electron chi connectivity index (χ2n) is 4.71. The molecule has 0 unspecified atom stereocenters. The van der Waals surface area contributed by atoms with Crippen molar-refractivity contribution in [1.29, 1.82) is 0 Å². The molecule has 2 N–H and O–H groups in total. The van der Waals surface area contributed by atoms with Gasteiger partial charge in [0.1, 0.15) is 0 Å². The fourth-order valence-electron chi connectivity index (χ4n) is 2.00. The first-order valence-corrected chi connectivity index (χ1v) is 8.23. The van der Waals surface area contributed by atoms with E-state index in [4.69, 9.17) is 9.47 Å². The van der Waals surface area contributed by atoms with E-state index < -0.39 is 0 Å². The van der Waals surface area contributed by atoms with Crippen molar-refractivity contribution in [2.24, 2.45) is 4.99 Å². The molecule has 0 aliphatic rings. The molecular weight excluding hydrogens is 312 g/mol. The molecule has 2 aromatic rings. The van der Waals surface area contributed by atoms with Crippen molar-refractivity contribution in [2.45, 2.75) is 20.4 Å². The molecule has 0 saturated heterocycles. The highest BCUT2D eigenvalue weighted by atomic mass is 32.1. The average Bonchev–Trinajstić information content (AvgIpc) is 2.97. The van der Waals surface area contributed by atoms with E-state index in [0.29, 0.717) is 30.6 Å². The quantitative estimate of drug-likeness (QED) is 0.628. The summed E-state index contributed by atoms with van der Waals surface area (Å²) in [6.07, 6.45) is 0. The Kier molecular flexibility index (Phi) is 6.22. The Balaban J connectivity index is 2.04. The van der Waals surface area contributed by atoms with Crippen molar-refractivity contribution in [2.75, 3.05) is 26.1 Å². The van der Waals surface area contributed by atoms with E-state index in [1.54, 1.807) is 25.5 Å². The number of thiazole rings is 1. The Labute approximate surface area is 140 Å². The summed E-state index contributed by atoms with van der Waals surface area (Å²) in [5.74, 6) is 2.10. The van der Waals surface area contributed by atoms with E-state index in [9.17, 15) is 0 Å². The third-order valence-electron chi connectivity index (χ3n) is 3.21. The number of anilines is 1. The summed E-state index contributed by atoms with van der Waals surface area (Å²) >= 11 is 1.63. The maximum Gasteiger partial charge on any atom is 0.195 e. The van der Waals surface area contributed by atoms with Gasteiger partial charge >= 0.3 is 0 Å².